The number of nitrogens with zero attached hydrogens (tertiary/aromatic N) is 1. The van der Waals surface area contributed by atoms with Crippen molar-refractivity contribution < 1.29 is 13.6 Å². The molecular formula is C15H14F2N2OS2. The van der Waals surface area contributed by atoms with Crippen molar-refractivity contribution in [1.82, 2.24) is 4.98 Å². The highest BCUT2D eigenvalue weighted by Crippen LogP contribution is 2.31. The number of aromatic nitrogens is 1. The third-order valence-corrected chi connectivity index (χ3v) is 4.24. The number of hydrogen-bond donors (Lipinski definition) is 1. The normalized spacial score (nSPS) is 10.7. The van der Waals surface area contributed by atoms with Crippen LogP contribution in [0.5, 0.6) is 0 Å². The molecule has 0 unspecified atom stereocenters. The molecule has 0 bridgehead atoms. The van der Waals surface area contributed by atoms with E-state index in [1.807, 2.05) is 6.92 Å². The zero-order chi connectivity index (χ0) is 15.9. The Morgan fingerprint density at radius 2 is 2.09 bits per heavy atom. The Morgan fingerprint density at radius 3 is 2.82 bits per heavy atom. The summed E-state index contributed by atoms with van der Waals surface area (Å²) in [6.07, 6.45) is 1.56. The number of hydrogen-bond acceptors (Lipinski definition) is 4. The molecule has 1 aromatic carbocycles. The molecule has 0 fully saturated rings. The van der Waals surface area contributed by atoms with Gasteiger partial charge in [-0.25, -0.2) is 4.98 Å². The predicted molar refractivity (Wildman–Crippen MR) is 86.9 cm³/mol. The Labute approximate surface area is 135 Å². The summed E-state index contributed by atoms with van der Waals surface area (Å²) in [5, 5.41) is 3.43. The lowest BCUT2D eigenvalue weighted by Crippen LogP contribution is -2.13. The molecule has 0 saturated heterocycles. The molecule has 1 N–H and O–H groups in total. The van der Waals surface area contributed by atoms with Crippen LogP contribution in [-0.4, -0.2) is 22.4 Å². The van der Waals surface area contributed by atoms with Crippen molar-refractivity contribution in [3.8, 4) is 0 Å². The first-order valence-electron chi connectivity index (χ1n) is 6.54. The number of amides is 1. The van der Waals surface area contributed by atoms with Crippen molar-refractivity contribution in [1.29, 1.82) is 0 Å². The number of benzene rings is 1. The van der Waals surface area contributed by atoms with E-state index in [1.54, 1.807) is 42.6 Å². The zero-order valence-corrected chi connectivity index (χ0v) is 13.4. The van der Waals surface area contributed by atoms with Crippen LogP contribution < -0.4 is 5.32 Å². The SMILES string of the molecule is CCSc1cc(C(=O)Nc2ccccc2SC(F)F)ccn1. The summed E-state index contributed by atoms with van der Waals surface area (Å²) in [5.41, 5.74) is 0.821. The van der Waals surface area contributed by atoms with Gasteiger partial charge in [-0.2, -0.15) is 8.78 Å². The lowest BCUT2D eigenvalue weighted by atomic mass is 10.2. The molecule has 22 heavy (non-hydrogen) atoms. The molecule has 116 valence electrons. The van der Waals surface area contributed by atoms with E-state index in [4.69, 9.17) is 0 Å². The maximum absolute atomic E-state index is 12.5. The maximum Gasteiger partial charge on any atom is 0.288 e. The van der Waals surface area contributed by atoms with Crippen LogP contribution in [0.3, 0.4) is 0 Å². The van der Waals surface area contributed by atoms with Gasteiger partial charge in [0.15, 0.2) is 0 Å². The molecule has 0 radical (unpaired) electrons. The third-order valence-electron chi connectivity index (χ3n) is 2.64. The standard InChI is InChI=1S/C15H14F2N2OS2/c1-2-21-13-9-10(7-8-18-13)14(20)19-11-5-3-4-6-12(11)22-15(16)17/h3-9,15H,2H2,1H3,(H,19,20). The fourth-order valence-electron chi connectivity index (χ4n) is 1.74. The van der Waals surface area contributed by atoms with Gasteiger partial charge in [0.2, 0.25) is 0 Å². The summed E-state index contributed by atoms with van der Waals surface area (Å²) in [6, 6.07) is 9.78. The average Bonchev–Trinajstić information content (AvgIpc) is 2.49. The Bertz CT molecular complexity index is 653. The molecular weight excluding hydrogens is 326 g/mol. The number of nitrogens with one attached hydrogen (secondary N) is 1. The second-order valence-corrected chi connectivity index (χ2v) is 6.46. The van der Waals surface area contributed by atoms with Crippen LogP contribution in [-0.2, 0) is 0 Å². The van der Waals surface area contributed by atoms with Crippen molar-refractivity contribution in [2.24, 2.45) is 0 Å². The van der Waals surface area contributed by atoms with E-state index >= 15 is 0 Å². The highest BCUT2D eigenvalue weighted by Gasteiger charge is 2.13. The molecule has 0 aliphatic carbocycles. The second-order valence-electron chi connectivity index (χ2n) is 4.14. The molecule has 0 spiro atoms. The predicted octanol–water partition coefficient (Wildman–Crippen LogP) is 4.76. The molecule has 7 heteroatoms. The van der Waals surface area contributed by atoms with Gasteiger partial charge >= 0.3 is 0 Å². The van der Waals surface area contributed by atoms with Crippen molar-refractivity contribution >= 4 is 35.1 Å². The molecule has 0 saturated carbocycles. The number of rotatable bonds is 6. The molecule has 1 amide bonds. The lowest BCUT2D eigenvalue weighted by molar-refractivity contribution is 0.102. The largest absolute Gasteiger partial charge is 0.321 e. The molecule has 0 aliphatic heterocycles. The van der Waals surface area contributed by atoms with Gasteiger partial charge in [-0.05, 0) is 30.0 Å². The molecule has 0 aliphatic rings. The lowest BCUT2D eigenvalue weighted by Gasteiger charge is -2.10. The minimum absolute atomic E-state index is 0.336. The third kappa shape index (κ3) is 4.71. The van der Waals surface area contributed by atoms with Crippen LogP contribution in [0, 0.1) is 0 Å². The highest BCUT2D eigenvalue weighted by molar-refractivity contribution is 7.99. The molecule has 2 aromatic rings. The Morgan fingerprint density at radius 1 is 1.32 bits per heavy atom. The van der Waals surface area contributed by atoms with Crippen LogP contribution in [0.15, 0.2) is 52.5 Å². The highest BCUT2D eigenvalue weighted by atomic mass is 32.2. The minimum Gasteiger partial charge on any atom is -0.321 e. The van der Waals surface area contributed by atoms with E-state index in [9.17, 15) is 13.6 Å². The molecule has 1 aromatic heterocycles. The Hall–Kier alpha value is -1.60. The van der Waals surface area contributed by atoms with Gasteiger partial charge in [0.1, 0.15) is 0 Å². The fraction of sp³-hybridized carbons (Fsp3) is 0.200. The van der Waals surface area contributed by atoms with Gasteiger partial charge in [-0.15, -0.1) is 11.8 Å². The van der Waals surface area contributed by atoms with Crippen molar-refractivity contribution in [3.63, 3.8) is 0 Å². The summed E-state index contributed by atoms with van der Waals surface area (Å²) in [7, 11) is 0. The number of halogens is 2. The van der Waals surface area contributed by atoms with Gasteiger partial charge < -0.3 is 5.32 Å². The van der Waals surface area contributed by atoms with E-state index < -0.39 is 5.76 Å². The molecule has 0 atom stereocenters. The summed E-state index contributed by atoms with van der Waals surface area (Å²) in [5.74, 6) is -2.03. The summed E-state index contributed by atoms with van der Waals surface area (Å²) in [4.78, 5) is 16.8. The van der Waals surface area contributed by atoms with E-state index in [0.717, 1.165) is 10.8 Å². The number of thioether (sulfide) groups is 2. The number of anilines is 1. The van der Waals surface area contributed by atoms with Crippen LogP contribution in [0.4, 0.5) is 14.5 Å². The fourth-order valence-corrected chi connectivity index (χ4v) is 2.98. The van der Waals surface area contributed by atoms with Crippen LogP contribution in [0.2, 0.25) is 0 Å². The monoisotopic (exact) mass is 340 g/mol. The van der Waals surface area contributed by atoms with Crippen LogP contribution >= 0.6 is 23.5 Å². The number of pyridine rings is 1. The van der Waals surface area contributed by atoms with Crippen LogP contribution in [0.25, 0.3) is 0 Å². The van der Waals surface area contributed by atoms with E-state index in [-0.39, 0.29) is 5.91 Å². The quantitative estimate of drug-likeness (QED) is 0.770. The van der Waals surface area contributed by atoms with Gasteiger partial charge in [0.25, 0.3) is 11.7 Å². The van der Waals surface area contributed by atoms with E-state index in [2.05, 4.69) is 10.3 Å². The van der Waals surface area contributed by atoms with E-state index in [0.29, 0.717) is 27.9 Å². The van der Waals surface area contributed by atoms with Crippen molar-refractivity contribution in [2.45, 2.75) is 22.6 Å². The van der Waals surface area contributed by atoms with Crippen molar-refractivity contribution in [3.05, 3.63) is 48.2 Å². The minimum atomic E-state index is -2.54. The number of para-hydroxylation sites is 1. The van der Waals surface area contributed by atoms with Gasteiger partial charge in [0, 0.05) is 16.7 Å². The van der Waals surface area contributed by atoms with Gasteiger partial charge in [-0.3, -0.25) is 4.79 Å². The van der Waals surface area contributed by atoms with Crippen LogP contribution in [0.1, 0.15) is 17.3 Å². The smallest absolute Gasteiger partial charge is 0.288 e. The number of alkyl halides is 2. The number of carbonyl (C=O) groups excluding carboxylic acids is 1. The molecule has 2 rings (SSSR count). The Kier molecular flexibility index (Phi) is 6.21. The summed E-state index contributed by atoms with van der Waals surface area (Å²) >= 11 is 1.94. The van der Waals surface area contributed by atoms with Crippen molar-refractivity contribution in [2.75, 3.05) is 11.1 Å². The molecule has 3 nitrogen and oxygen atoms in total. The average molecular weight is 340 g/mol. The Balaban J connectivity index is 2.17. The first kappa shape index (κ1) is 16.8. The first-order valence-corrected chi connectivity index (χ1v) is 8.40. The molecule has 1 heterocycles. The number of carbonyl (C=O) groups is 1. The zero-order valence-electron chi connectivity index (χ0n) is 11.8. The maximum atomic E-state index is 12.5. The summed E-state index contributed by atoms with van der Waals surface area (Å²) < 4.78 is 25.1. The first-order chi connectivity index (χ1) is 10.6. The summed E-state index contributed by atoms with van der Waals surface area (Å²) in [6.45, 7) is 2.00. The van der Waals surface area contributed by atoms with Gasteiger partial charge in [-0.1, -0.05) is 30.8 Å². The topological polar surface area (TPSA) is 42.0 Å². The second kappa shape index (κ2) is 8.14. The van der Waals surface area contributed by atoms with E-state index in [1.165, 1.54) is 11.8 Å². The van der Waals surface area contributed by atoms with Gasteiger partial charge in [0.05, 0.1) is 10.7 Å².